The summed E-state index contributed by atoms with van der Waals surface area (Å²) >= 11 is 0. The molecule has 1 unspecified atom stereocenters. The van der Waals surface area contributed by atoms with Crippen LogP contribution in [0.5, 0.6) is 0 Å². The topological polar surface area (TPSA) is 37.4 Å². The Morgan fingerprint density at radius 1 is 1.28 bits per heavy atom. The molecule has 1 aliphatic heterocycles. The summed E-state index contributed by atoms with van der Waals surface area (Å²) in [7, 11) is 0. The van der Waals surface area contributed by atoms with E-state index in [1.54, 1.807) is 6.07 Å². The van der Waals surface area contributed by atoms with Gasteiger partial charge in [-0.2, -0.15) is 0 Å². The van der Waals surface area contributed by atoms with E-state index < -0.39 is 11.7 Å². The molecule has 1 aliphatic carbocycles. The summed E-state index contributed by atoms with van der Waals surface area (Å²) in [4.78, 5) is 25.9. The Hall–Kier alpha value is -1.71. The Bertz CT molecular complexity index is 521. The van der Waals surface area contributed by atoms with Crippen LogP contribution in [0.25, 0.3) is 0 Å². The van der Waals surface area contributed by atoms with Crippen molar-refractivity contribution in [3.8, 4) is 0 Å². The average molecular weight is 247 g/mol. The molecule has 0 saturated carbocycles. The molecule has 94 valence electrons. The minimum Gasteiger partial charge on any atom is -0.342 e. The van der Waals surface area contributed by atoms with E-state index in [1.807, 2.05) is 4.90 Å². The molecule has 0 spiro atoms. The number of benzene rings is 1. The first-order valence-electron chi connectivity index (χ1n) is 6.28. The molecular formula is C14H14FNO2. The van der Waals surface area contributed by atoms with Gasteiger partial charge in [-0.1, -0.05) is 6.07 Å². The van der Waals surface area contributed by atoms with E-state index in [1.165, 1.54) is 12.1 Å². The molecule has 3 rings (SSSR count). The number of likely N-dealkylation sites (tertiary alicyclic amines) is 1. The van der Waals surface area contributed by atoms with Gasteiger partial charge in [-0.25, -0.2) is 4.39 Å². The number of fused-ring (bicyclic) bond motifs is 1. The second-order valence-electron chi connectivity index (χ2n) is 4.94. The molecule has 1 atom stereocenters. The Balaban J connectivity index is 1.92. The Labute approximate surface area is 105 Å². The van der Waals surface area contributed by atoms with E-state index >= 15 is 0 Å². The standard InChI is InChI=1S/C14H14FNO2/c15-9-3-4-10-11(7-9)13(17)8-12(10)14(18)16-5-1-2-6-16/h3-4,7,12H,1-2,5-6,8H2. The number of halogens is 1. The largest absolute Gasteiger partial charge is 0.342 e. The number of nitrogens with zero attached hydrogens (tertiary/aromatic N) is 1. The first kappa shape index (κ1) is 11.4. The predicted molar refractivity (Wildman–Crippen MR) is 63.9 cm³/mol. The molecule has 4 heteroatoms. The highest BCUT2D eigenvalue weighted by molar-refractivity contribution is 6.06. The van der Waals surface area contributed by atoms with Crippen LogP contribution in [0.2, 0.25) is 0 Å². The summed E-state index contributed by atoms with van der Waals surface area (Å²) in [6, 6.07) is 4.14. The van der Waals surface area contributed by atoms with E-state index in [2.05, 4.69) is 0 Å². The molecule has 0 N–H and O–H groups in total. The molecule has 1 heterocycles. The van der Waals surface area contributed by atoms with Crippen LogP contribution in [0.4, 0.5) is 4.39 Å². The van der Waals surface area contributed by atoms with Gasteiger partial charge in [0.25, 0.3) is 0 Å². The number of ketones is 1. The lowest BCUT2D eigenvalue weighted by atomic mass is 10.00. The van der Waals surface area contributed by atoms with Gasteiger partial charge in [-0.3, -0.25) is 9.59 Å². The molecule has 1 saturated heterocycles. The van der Waals surface area contributed by atoms with Gasteiger partial charge < -0.3 is 4.90 Å². The lowest BCUT2D eigenvalue weighted by Gasteiger charge is -2.20. The van der Waals surface area contributed by atoms with Crippen molar-refractivity contribution < 1.29 is 14.0 Å². The minimum absolute atomic E-state index is 0.0196. The van der Waals surface area contributed by atoms with Crippen LogP contribution in [0.3, 0.4) is 0 Å². The monoisotopic (exact) mass is 247 g/mol. The number of hydrogen-bond donors (Lipinski definition) is 0. The van der Waals surface area contributed by atoms with Gasteiger partial charge in [-0.15, -0.1) is 0 Å². The summed E-state index contributed by atoms with van der Waals surface area (Å²) in [6.07, 6.45) is 2.25. The molecule has 18 heavy (non-hydrogen) atoms. The first-order valence-corrected chi connectivity index (χ1v) is 6.28. The van der Waals surface area contributed by atoms with Crippen LogP contribution in [0.15, 0.2) is 18.2 Å². The van der Waals surface area contributed by atoms with Gasteiger partial charge in [0.2, 0.25) is 5.91 Å². The number of Topliss-reactive ketones (excluding diaryl/α,β-unsaturated/α-hetero) is 1. The fourth-order valence-electron chi connectivity index (χ4n) is 2.86. The van der Waals surface area contributed by atoms with Crippen molar-refractivity contribution in [1.29, 1.82) is 0 Å². The number of amides is 1. The number of carbonyl (C=O) groups is 2. The third-order valence-corrected chi connectivity index (χ3v) is 3.80. The molecule has 1 amide bonds. The minimum atomic E-state index is -0.420. The van der Waals surface area contributed by atoms with E-state index in [0.717, 1.165) is 25.9 Å². The zero-order chi connectivity index (χ0) is 12.7. The molecular weight excluding hydrogens is 233 g/mol. The predicted octanol–water partition coefficient (Wildman–Crippen LogP) is 2.12. The summed E-state index contributed by atoms with van der Waals surface area (Å²) in [5.41, 5.74) is 1.07. The van der Waals surface area contributed by atoms with E-state index in [4.69, 9.17) is 0 Å². The van der Waals surface area contributed by atoms with Gasteiger partial charge in [-0.05, 0) is 30.5 Å². The molecule has 0 radical (unpaired) electrons. The number of carbonyl (C=O) groups excluding carboxylic acids is 2. The lowest BCUT2D eigenvalue weighted by Crippen LogP contribution is -2.31. The fraction of sp³-hybridized carbons (Fsp3) is 0.429. The van der Waals surface area contributed by atoms with Gasteiger partial charge in [0.15, 0.2) is 5.78 Å². The SMILES string of the molecule is O=C1CC(C(=O)N2CCCC2)c2ccc(F)cc21. The molecule has 1 fully saturated rings. The van der Waals surface area contributed by atoms with Crippen LogP contribution in [-0.2, 0) is 4.79 Å². The van der Waals surface area contributed by atoms with Crippen LogP contribution in [0, 0.1) is 5.82 Å². The van der Waals surface area contributed by atoms with Crippen LogP contribution >= 0.6 is 0 Å². The Morgan fingerprint density at radius 3 is 2.72 bits per heavy atom. The van der Waals surface area contributed by atoms with Crippen molar-refractivity contribution in [2.24, 2.45) is 0 Å². The lowest BCUT2D eigenvalue weighted by molar-refractivity contribution is -0.131. The van der Waals surface area contributed by atoms with Crippen molar-refractivity contribution in [2.75, 3.05) is 13.1 Å². The second-order valence-corrected chi connectivity index (χ2v) is 4.94. The summed E-state index contributed by atoms with van der Waals surface area (Å²) in [5, 5.41) is 0. The molecule has 0 aromatic heterocycles. The first-order chi connectivity index (χ1) is 8.66. The zero-order valence-corrected chi connectivity index (χ0v) is 9.99. The summed E-state index contributed by atoms with van der Waals surface area (Å²) in [6.45, 7) is 1.56. The van der Waals surface area contributed by atoms with Crippen molar-refractivity contribution >= 4 is 11.7 Å². The van der Waals surface area contributed by atoms with Gasteiger partial charge in [0, 0.05) is 25.1 Å². The normalized spacial score (nSPS) is 22.4. The highest BCUT2D eigenvalue weighted by Crippen LogP contribution is 2.35. The molecule has 2 aliphatic rings. The molecule has 0 bridgehead atoms. The molecule has 1 aromatic carbocycles. The average Bonchev–Trinajstić information content (AvgIpc) is 2.97. The molecule has 1 aromatic rings. The van der Waals surface area contributed by atoms with Crippen molar-refractivity contribution in [1.82, 2.24) is 4.90 Å². The van der Waals surface area contributed by atoms with Crippen molar-refractivity contribution in [3.05, 3.63) is 35.1 Å². The third kappa shape index (κ3) is 1.72. The highest BCUT2D eigenvalue weighted by Gasteiger charge is 2.37. The maximum atomic E-state index is 13.1. The summed E-state index contributed by atoms with van der Waals surface area (Å²) in [5.74, 6) is -0.921. The van der Waals surface area contributed by atoms with Crippen LogP contribution in [-0.4, -0.2) is 29.7 Å². The number of rotatable bonds is 1. The zero-order valence-electron chi connectivity index (χ0n) is 9.99. The quantitative estimate of drug-likeness (QED) is 0.762. The maximum absolute atomic E-state index is 13.1. The van der Waals surface area contributed by atoms with Crippen LogP contribution in [0.1, 0.15) is 41.1 Å². The van der Waals surface area contributed by atoms with E-state index in [-0.39, 0.29) is 18.1 Å². The van der Waals surface area contributed by atoms with E-state index in [0.29, 0.717) is 11.1 Å². The van der Waals surface area contributed by atoms with E-state index in [9.17, 15) is 14.0 Å². The van der Waals surface area contributed by atoms with Gasteiger partial charge in [0.1, 0.15) is 5.82 Å². The van der Waals surface area contributed by atoms with Crippen molar-refractivity contribution in [3.63, 3.8) is 0 Å². The second kappa shape index (κ2) is 4.19. The summed E-state index contributed by atoms with van der Waals surface area (Å²) < 4.78 is 13.1. The Kier molecular flexibility index (Phi) is 2.65. The van der Waals surface area contributed by atoms with Crippen molar-refractivity contribution in [2.45, 2.75) is 25.2 Å². The van der Waals surface area contributed by atoms with Crippen LogP contribution < -0.4 is 0 Å². The van der Waals surface area contributed by atoms with Gasteiger partial charge in [0.05, 0.1) is 5.92 Å². The highest BCUT2D eigenvalue weighted by atomic mass is 19.1. The smallest absolute Gasteiger partial charge is 0.230 e. The van der Waals surface area contributed by atoms with Gasteiger partial charge >= 0.3 is 0 Å². The molecule has 3 nitrogen and oxygen atoms in total. The fourth-order valence-corrected chi connectivity index (χ4v) is 2.86. The third-order valence-electron chi connectivity index (χ3n) is 3.80. The maximum Gasteiger partial charge on any atom is 0.230 e. The Morgan fingerprint density at radius 2 is 2.00 bits per heavy atom. The number of hydrogen-bond acceptors (Lipinski definition) is 2.